The molecule has 2 aromatic carbocycles. The van der Waals surface area contributed by atoms with Crippen molar-refractivity contribution in [2.45, 2.75) is 63.7 Å². The largest absolute Gasteiger partial charge is 0.480 e. The molecule has 2 aromatic rings. The van der Waals surface area contributed by atoms with Gasteiger partial charge < -0.3 is 26.4 Å². The van der Waals surface area contributed by atoms with Crippen molar-refractivity contribution in [3.05, 3.63) is 71.8 Å². The molecule has 41 heavy (non-hydrogen) atoms. The molecule has 0 aliphatic heterocycles. The van der Waals surface area contributed by atoms with E-state index < -0.39 is 47.9 Å². The Kier molecular flexibility index (Phi) is 14.4. The van der Waals surface area contributed by atoms with Gasteiger partial charge in [0.1, 0.15) is 24.2 Å². The highest BCUT2D eigenvalue weighted by atomic mass is 32.2. The number of thioether (sulfide) groups is 1. The molecule has 222 valence electrons. The minimum absolute atomic E-state index is 0.0263. The summed E-state index contributed by atoms with van der Waals surface area (Å²) < 4.78 is 0. The zero-order valence-electron chi connectivity index (χ0n) is 23.7. The molecule has 0 bridgehead atoms. The summed E-state index contributed by atoms with van der Waals surface area (Å²) >= 11 is 1.53. The van der Waals surface area contributed by atoms with Crippen molar-refractivity contribution < 1.29 is 29.1 Å². The van der Waals surface area contributed by atoms with Gasteiger partial charge >= 0.3 is 5.97 Å². The number of hydrogen-bond acceptors (Lipinski definition) is 6. The molecule has 4 atom stereocenters. The van der Waals surface area contributed by atoms with Crippen LogP contribution < -0.4 is 21.3 Å². The molecule has 0 aromatic heterocycles. The average molecular weight is 585 g/mol. The lowest BCUT2D eigenvalue weighted by Gasteiger charge is -2.26. The molecule has 0 saturated heterocycles. The second kappa shape index (κ2) is 17.8. The predicted octanol–water partition coefficient (Wildman–Crippen LogP) is 1.92. The van der Waals surface area contributed by atoms with Gasteiger partial charge in [-0.15, -0.1) is 0 Å². The molecule has 0 spiro atoms. The van der Waals surface area contributed by atoms with E-state index in [-0.39, 0.29) is 18.8 Å². The number of benzene rings is 2. The lowest BCUT2D eigenvalue weighted by atomic mass is 10.00. The van der Waals surface area contributed by atoms with Gasteiger partial charge in [-0.3, -0.25) is 19.2 Å². The molecule has 0 aliphatic rings. The van der Waals surface area contributed by atoms with E-state index in [1.165, 1.54) is 11.8 Å². The van der Waals surface area contributed by atoms with Gasteiger partial charge in [0.05, 0.1) is 0 Å². The molecule has 0 fully saturated rings. The molecule has 10 nitrogen and oxygen atoms in total. The monoisotopic (exact) mass is 584 g/mol. The fourth-order valence-corrected chi connectivity index (χ4v) is 4.71. The van der Waals surface area contributed by atoms with E-state index in [0.717, 1.165) is 11.1 Å². The summed E-state index contributed by atoms with van der Waals surface area (Å²) in [6.07, 6.45) is 3.20. The second-order valence-electron chi connectivity index (χ2n) is 10.1. The van der Waals surface area contributed by atoms with Gasteiger partial charge in [-0.05, 0) is 41.9 Å². The Balaban J connectivity index is 2.25. The van der Waals surface area contributed by atoms with Crippen LogP contribution in [0.4, 0.5) is 0 Å². The van der Waals surface area contributed by atoms with Crippen molar-refractivity contribution in [2.24, 2.45) is 5.92 Å². The summed E-state index contributed by atoms with van der Waals surface area (Å²) in [7, 11) is 0. The van der Waals surface area contributed by atoms with Crippen molar-refractivity contribution in [2.75, 3.05) is 12.0 Å². The number of hydrogen-bond donors (Lipinski definition) is 5. The third kappa shape index (κ3) is 12.0. The highest BCUT2D eigenvalue weighted by Crippen LogP contribution is 2.10. The first-order chi connectivity index (χ1) is 19.6. The molecule has 11 heteroatoms. The van der Waals surface area contributed by atoms with Gasteiger partial charge in [0.15, 0.2) is 0 Å². The van der Waals surface area contributed by atoms with Crippen LogP contribution in [-0.2, 0) is 36.8 Å². The minimum Gasteiger partial charge on any atom is -0.480 e. The van der Waals surface area contributed by atoms with Crippen LogP contribution in [0, 0.1) is 5.92 Å². The normalized spacial score (nSPS) is 13.8. The fraction of sp³-hybridized carbons (Fsp3) is 0.433. The first-order valence-electron chi connectivity index (χ1n) is 13.5. The summed E-state index contributed by atoms with van der Waals surface area (Å²) in [5, 5.41) is 20.4. The Morgan fingerprint density at radius 3 is 1.71 bits per heavy atom. The Morgan fingerprint density at radius 2 is 1.22 bits per heavy atom. The SMILES string of the molecule is CSCC[C@H](NC=O)C(=O)N[C@H](CC(C)C)C(=O)N[C@H](Cc1ccccc1)C(=O)N[C@H](Cc1ccccc1)C(=O)O. The standard InChI is InChI=1S/C30H40N4O6S/c1-20(2)16-24(32-27(36)23(31-19-35)14-15-41-3)28(37)33-25(17-21-10-6-4-7-11-21)29(38)34-26(30(39)40)18-22-12-8-5-9-13-22/h4-13,19-20,23-26H,14-18H2,1-3H3,(H,31,35)(H,32,36)(H,33,37)(H,34,38)(H,39,40)/t23-,24+,25+,26+/m0/s1. The minimum atomic E-state index is -1.21. The van der Waals surface area contributed by atoms with Gasteiger partial charge in [-0.1, -0.05) is 74.5 Å². The van der Waals surface area contributed by atoms with Crippen molar-refractivity contribution in [1.29, 1.82) is 0 Å². The molecule has 0 aliphatic carbocycles. The van der Waals surface area contributed by atoms with Crippen LogP contribution in [-0.4, -0.2) is 71.4 Å². The number of amides is 4. The molecular weight excluding hydrogens is 544 g/mol. The zero-order valence-corrected chi connectivity index (χ0v) is 24.5. The summed E-state index contributed by atoms with van der Waals surface area (Å²) in [6.45, 7) is 3.80. The molecule has 0 saturated carbocycles. The van der Waals surface area contributed by atoms with Gasteiger partial charge in [-0.2, -0.15) is 11.8 Å². The van der Waals surface area contributed by atoms with Gasteiger partial charge in [0.2, 0.25) is 24.1 Å². The first-order valence-corrected chi connectivity index (χ1v) is 14.9. The summed E-state index contributed by atoms with van der Waals surface area (Å²) in [5.41, 5.74) is 1.50. The number of carbonyl (C=O) groups is 5. The van der Waals surface area contributed by atoms with Crippen LogP contribution >= 0.6 is 11.8 Å². The number of carboxylic acids is 1. The third-order valence-electron chi connectivity index (χ3n) is 6.35. The molecule has 0 unspecified atom stereocenters. The topological polar surface area (TPSA) is 154 Å². The Hall–Kier alpha value is -3.86. The van der Waals surface area contributed by atoms with Crippen LogP contribution in [0.15, 0.2) is 60.7 Å². The maximum atomic E-state index is 13.5. The Labute approximate surface area is 245 Å². The van der Waals surface area contributed by atoms with Gasteiger partial charge in [0, 0.05) is 12.8 Å². The molecule has 0 radical (unpaired) electrons. The maximum absolute atomic E-state index is 13.5. The lowest BCUT2D eigenvalue weighted by molar-refractivity contribution is -0.142. The third-order valence-corrected chi connectivity index (χ3v) is 6.99. The molecule has 4 amide bonds. The smallest absolute Gasteiger partial charge is 0.326 e. The average Bonchev–Trinajstić information content (AvgIpc) is 2.94. The van der Waals surface area contributed by atoms with Crippen LogP contribution in [0.1, 0.15) is 37.8 Å². The Morgan fingerprint density at radius 1 is 0.756 bits per heavy atom. The number of carboxylic acid groups (broad SMARTS) is 1. The van der Waals surface area contributed by atoms with E-state index in [4.69, 9.17) is 0 Å². The highest BCUT2D eigenvalue weighted by Gasteiger charge is 2.31. The predicted molar refractivity (Wildman–Crippen MR) is 159 cm³/mol. The second-order valence-corrected chi connectivity index (χ2v) is 11.1. The van der Waals surface area contributed by atoms with E-state index in [9.17, 15) is 29.1 Å². The number of aliphatic carboxylic acids is 1. The number of rotatable bonds is 18. The van der Waals surface area contributed by atoms with Crippen LogP contribution in [0.3, 0.4) is 0 Å². The van der Waals surface area contributed by atoms with Crippen molar-refractivity contribution in [3.8, 4) is 0 Å². The molecule has 5 N–H and O–H groups in total. The summed E-state index contributed by atoms with van der Waals surface area (Å²) in [6, 6.07) is 13.9. The fourth-order valence-electron chi connectivity index (χ4n) is 4.24. The quantitative estimate of drug-likeness (QED) is 0.168. The van der Waals surface area contributed by atoms with Crippen molar-refractivity contribution in [1.82, 2.24) is 21.3 Å². The summed E-state index contributed by atoms with van der Waals surface area (Å²) in [5.74, 6) is -2.26. The van der Waals surface area contributed by atoms with Crippen LogP contribution in [0.2, 0.25) is 0 Å². The van der Waals surface area contributed by atoms with Gasteiger partial charge in [-0.25, -0.2) is 4.79 Å². The van der Waals surface area contributed by atoms with E-state index in [0.29, 0.717) is 25.0 Å². The van der Waals surface area contributed by atoms with Crippen molar-refractivity contribution in [3.63, 3.8) is 0 Å². The van der Waals surface area contributed by atoms with E-state index in [1.807, 2.05) is 32.2 Å². The molecule has 0 heterocycles. The van der Waals surface area contributed by atoms with E-state index >= 15 is 0 Å². The maximum Gasteiger partial charge on any atom is 0.326 e. The lowest BCUT2D eigenvalue weighted by Crippen LogP contribution is -2.58. The zero-order chi connectivity index (χ0) is 30.2. The summed E-state index contributed by atoms with van der Waals surface area (Å²) in [4.78, 5) is 63.0. The van der Waals surface area contributed by atoms with Gasteiger partial charge in [0.25, 0.3) is 0 Å². The Bertz CT molecular complexity index is 1130. The highest BCUT2D eigenvalue weighted by molar-refractivity contribution is 7.98. The molecule has 2 rings (SSSR count). The van der Waals surface area contributed by atoms with Crippen molar-refractivity contribution >= 4 is 41.9 Å². The van der Waals surface area contributed by atoms with E-state index in [2.05, 4.69) is 21.3 Å². The number of carbonyl (C=O) groups excluding carboxylic acids is 4. The first kappa shape index (κ1) is 33.3. The van der Waals surface area contributed by atoms with E-state index in [1.54, 1.807) is 48.5 Å². The number of nitrogens with one attached hydrogen (secondary N) is 4. The van der Waals surface area contributed by atoms with Crippen LogP contribution in [0.25, 0.3) is 0 Å². The van der Waals surface area contributed by atoms with Crippen LogP contribution in [0.5, 0.6) is 0 Å². The molecular formula is C30H40N4O6S.